The maximum atomic E-state index is 13.5. The Hall–Kier alpha value is -0.800. The highest BCUT2D eigenvalue weighted by molar-refractivity contribution is 6.30. The molecule has 0 spiro atoms. The SMILES string of the molecule is CCC(CC)(CO)CNc1cc(Cl)ccc1F. The Labute approximate surface area is 107 Å². The molecule has 0 unspecified atom stereocenters. The van der Waals surface area contributed by atoms with Crippen molar-refractivity contribution < 1.29 is 9.50 Å². The second-order valence-corrected chi connectivity index (χ2v) is 4.78. The first-order valence-electron chi connectivity index (χ1n) is 5.86. The summed E-state index contributed by atoms with van der Waals surface area (Å²) in [6.07, 6.45) is 1.68. The van der Waals surface area contributed by atoms with Crippen molar-refractivity contribution >= 4 is 17.3 Å². The molecule has 2 N–H and O–H groups in total. The number of aliphatic hydroxyl groups is 1. The van der Waals surface area contributed by atoms with E-state index in [0.717, 1.165) is 12.8 Å². The van der Waals surface area contributed by atoms with Crippen molar-refractivity contribution in [3.05, 3.63) is 29.0 Å². The van der Waals surface area contributed by atoms with Gasteiger partial charge in [-0.3, -0.25) is 0 Å². The summed E-state index contributed by atoms with van der Waals surface area (Å²) in [6, 6.07) is 4.41. The number of anilines is 1. The molecule has 1 rings (SSSR count). The Balaban J connectivity index is 2.75. The first-order valence-corrected chi connectivity index (χ1v) is 6.24. The van der Waals surface area contributed by atoms with Gasteiger partial charge in [-0.25, -0.2) is 4.39 Å². The molecule has 0 amide bonds. The number of benzene rings is 1. The molecule has 0 radical (unpaired) electrons. The standard InChI is InChI=1S/C13H19ClFNO/c1-3-13(4-2,9-17)8-16-12-7-10(14)5-6-11(12)15/h5-7,16-17H,3-4,8-9H2,1-2H3. The van der Waals surface area contributed by atoms with Crippen LogP contribution in [-0.4, -0.2) is 18.3 Å². The molecule has 0 saturated carbocycles. The molecule has 1 aromatic carbocycles. The zero-order valence-corrected chi connectivity index (χ0v) is 11.0. The van der Waals surface area contributed by atoms with E-state index in [1.807, 2.05) is 13.8 Å². The minimum Gasteiger partial charge on any atom is -0.396 e. The van der Waals surface area contributed by atoms with Crippen molar-refractivity contribution in [1.82, 2.24) is 0 Å². The van der Waals surface area contributed by atoms with Crippen molar-refractivity contribution in [1.29, 1.82) is 0 Å². The van der Waals surface area contributed by atoms with Gasteiger partial charge in [-0.1, -0.05) is 25.4 Å². The summed E-state index contributed by atoms with van der Waals surface area (Å²) in [5.74, 6) is -0.326. The molecule has 96 valence electrons. The molecule has 0 fully saturated rings. The molecule has 0 bridgehead atoms. The van der Waals surface area contributed by atoms with Crippen LogP contribution in [0.2, 0.25) is 5.02 Å². The highest BCUT2D eigenvalue weighted by Gasteiger charge is 2.25. The summed E-state index contributed by atoms with van der Waals surface area (Å²) in [4.78, 5) is 0. The smallest absolute Gasteiger partial charge is 0.146 e. The minimum absolute atomic E-state index is 0.0924. The van der Waals surface area contributed by atoms with Gasteiger partial charge in [-0.2, -0.15) is 0 Å². The second kappa shape index (κ2) is 6.22. The largest absolute Gasteiger partial charge is 0.396 e. The Bertz CT molecular complexity index is 358. The third-order valence-electron chi connectivity index (χ3n) is 3.42. The average Bonchev–Trinajstić information content (AvgIpc) is 2.35. The van der Waals surface area contributed by atoms with E-state index in [4.69, 9.17) is 11.6 Å². The lowest BCUT2D eigenvalue weighted by Gasteiger charge is -2.30. The van der Waals surface area contributed by atoms with Crippen LogP contribution in [-0.2, 0) is 0 Å². The molecule has 0 atom stereocenters. The third kappa shape index (κ3) is 3.58. The van der Waals surface area contributed by atoms with E-state index < -0.39 is 0 Å². The molecule has 1 aromatic rings. The quantitative estimate of drug-likeness (QED) is 0.817. The Morgan fingerprint density at radius 1 is 1.35 bits per heavy atom. The number of hydrogen-bond donors (Lipinski definition) is 2. The molecular weight excluding hydrogens is 241 g/mol. The molecule has 0 aromatic heterocycles. The van der Waals surface area contributed by atoms with Gasteiger partial charge in [0, 0.05) is 17.0 Å². The average molecular weight is 260 g/mol. The minimum atomic E-state index is -0.326. The normalized spacial score (nSPS) is 11.6. The van der Waals surface area contributed by atoms with E-state index in [9.17, 15) is 9.50 Å². The van der Waals surface area contributed by atoms with Crippen molar-refractivity contribution in [2.75, 3.05) is 18.5 Å². The fourth-order valence-electron chi connectivity index (χ4n) is 1.70. The van der Waals surface area contributed by atoms with Gasteiger partial charge < -0.3 is 10.4 Å². The number of halogens is 2. The molecule has 2 nitrogen and oxygen atoms in total. The van der Waals surface area contributed by atoms with Crippen LogP contribution in [0.4, 0.5) is 10.1 Å². The van der Waals surface area contributed by atoms with Crippen LogP contribution in [0, 0.1) is 11.2 Å². The molecule has 0 aliphatic carbocycles. The van der Waals surface area contributed by atoms with Crippen LogP contribution in [0.5, 0.6) is 0 Å². The summed E-state index contributed by atoms with van der Waals surface area (Å²) in [5.41, 5.74) is 0.187. The summed E-state index contributed by atoms with van der Waals surface area (Å²) < 4.78 is 13.5. The summed E-state index contributed by atoms with van der Waals surface area (Å²) in [7, 11) is 0. The Morgan fingerprint density at radius 2 is 2.00 bits per heavy atom. The molecule has 0 aliphatic heterocycles. The van der Waals surface area contributed by atoms with Crippen molar-refractivity contribution in [3.63, 3.8) is 0 Å². The van der Waals surface area contributed by atoms with Crippen LogP contribution in [0.25, 0.3) is 0 Å². The molecule has 0 heterocycles. The molecule has 0 aliphatic rings. The van der Waals surface area contributed by atoms with Crippen LogP contribution in [0.3, 0.4) is 0 Å². The number of rotatable bonds is 6. The lowest BCUT2D eigenvalue weighted by molar-refractivity contribution is 0.127. The van der Waals surface area contributed by atoms with E-state index in [1.54, 1.807) is 6.07 Å². The summed E-state index contributed by atoms with van der Waals surface area (Å²) in [6.45, 7) is 4.68. The van der Waals surface area contributed by atoms with Crippen LogP contribution in [0.15, 0.2) is 18.2 Å². The maximum Gasteiger partial charge on any atom is 0.146 e. The van der Waals surface area contributed by atoms with Crippen molar-refractivity contribution in [2.24, 2.45) is 5.41 Å². The zero-order chi connectivity index (χ0) is 12.9. The molecular formula is C13H19ClFNO. The van der Waals surface area contributed by atoms with Gasteiger partial charge in [0.15, 0.2) is 0 Å². The number of hydrogen-bond acceptors (Lipinski definition) is 2. The molecule has 4 heteroatoms. The van der Waals surface area contributed by atoms with Gasteiger partial charge in [0.2, 0.25) is 0 Å². The van der Waals surface area contributed by atoms with Crippen LogP contribution >= 0.6 is 11.6 Å². The topological polar surface area (TPSA) is 32.3 Å². The van der Waals surface area contributed by atoms with E-state index in [1.165, 1.54) is 12.1 Å². The first kappa shape index (κ1) is 14.3. The number of aliphatic hydroxyl groups excluding tert-OH is 1. The predicted molar refractivity (Wildman–Crippen MR) is 70.0 cm³/mol. The predicted octanol–water partition coefficient (Wildman–Crippen LogP) is 3.69. The third-order valence-corrected chi connectivity index (χ3v) is 3.65. The first-order chi connectivity index (χ1) is 8.06. The monoisotopic (exact) mass is 259 g/mol. The zero-order valence-electron chi connectivity index (χ0n) is 10.3. The van der Waals surface area contributed by atoms with Gasteiger partial charge in [0.25, 0.3) is 0 Å². The summed E-state index contributed by atoms with van der Waals surface area (Å²) in [5, 5.41) is 12.9. The second-order valence-electron chi connectivity index (χ2n) is 4.34. The van der Waals surface area contributed by atoms with E-state index in [0.29, 0.717) is 17.3 Å². The van der Waals surface area contributed by atoms with Gasteiger partial charge in [-0.15, -0.1) is 0 Å². The van der Waals surface area contributed by atoms with Crippen LogP contribution in [0.1, 0.15) is 26.7 Å². The van der Waals surface area contributed by atoms with Gasteiger partial charge in [0.05, 0.1) is 12.3 Å². The molecule has 0 saturated heterocycles. The lowest BCUT2D eigenvalue weighted by atomic mass is 9.83. The Morgan fingerprint density at radius 3 is 2.53 bits per heavy atom. The highest BCUT2D eigenvalue weighted by atomic mass is 35.5. The lowest BCUT2D eigenvalue weighted by Crippen LogP contribution is -2.32. The summed E-state index contributed by atoms with van der Waals surface area (Å²) >= 11 is 5.81. The van der Waals surface area contributed by atoms with E-state index in [-0.39, 0.29) is 17.8 Å². The van der Waals surface area contributed by atoms with E-state index >= 15 is 0 Å². The molecule has 17 heavy (non-hydrogen) atoms. The fourth-order valence-corrected chi connectivity index (χ4v) is 1.87. The maximum absolute atomic E-state index is 13.5. The highest BCUT2D eigenvalue weighted by Crippen LogP contribution is 2.27. The fraction of sp³-hybridized carbons (Fsp3) is 0.538. The van der Waals surface area contributed by atoms with Crippen molar-refractivity contribution in [2.45, 2.75) is 26.7 Å². The van der Waals surface area contributed by atoms with Gasteiger partial charge in [-0.05, 0) is 31.0 Å². The van der Waals surface area contributed by atoms with Crippen LogP contribution < -0.4 is 5.32 Å². The van der Waals surface area contributed by atoms with Crippen molar-refractivity contribution in [3.8, 4) is 0 Å². The van der Waals surface area contributed by atoms with E-state index in [2.05, 4.69) is 5.32 Å². The number of nitrogens with one attached hydrogen (secondary N) is 1. The van der Waals surface area contributed by atoms with Gasteiger partial charge in [0.1, 0.15) is 5.82 Å². The Kier molecular flexibility index (Phi) is 5.22. The van der Waals surface area contributed by atoms with Gasteiger partial charge >= 0.3 is 0 Å².